The van der Waals surface area contributed by atoms with E-state index in [9.17, 15) is 9.59 Å². The van der Waals surface area contributed by atoms with Gasteiger partial charge in [-0.1, -0.05) is 30.3 Å². The highest BCUT2D eigenvalue weighted by molar-refractivity contribution is 5.99. The van der Waals surface area contributed by atoms with Crippen LogP contribution in [0.25, 0.3) is 11.0 Å². The summed E-state index contributed by atoms with van der Waals surface area (Å²) in [6.45, 7) is 8.84. The zero-order valence-corrected chi connectivity index (χ0v) is 21.6. The van der Waals surface area contributed by atoms with Crippen LogP contribution in [0.2, 0.25) is 0 Å². The van der Waals surface area contributed by atoms with Gasteiger partial charge in [0.25, 0.3) is 5.91 Å². The number of rotatable bonds is 8. The summed E-state index contributed by atoms with van der Waals surface area (Å²) in [4.78, 5) is 29.2. The number of aryl methyl sites for hydroxylation is 2. The largest absolute Gasteiger partial charge is 0.457 e. The number of ether oxygens (including phenoxy) is 2. The van der Waals surface area contributed by atoms with E-state index >= 15 is 0 Å². The SMILES string of the molecule is Cc1cc2oc3c(c(=O)c2cc1C)C(c1cccc(Oc2ccccc2)c1)N(CCCOC(C)C)C3=O. The van der Waals surface area contributed by atoms with Gasteiger partial charge in [-0.15, -0.1) is 0 Å². The molecule has 2 heterocycles. The van der Waals surface area contributed by atoms with E-state index in [1.807, 2.05) is 94.4 Å². The Balaban J connectivity index is 1.59. The molecule has 0 aliphatic carbocycles. The number of fused-ring (bicyclic) bond motifs is 2. The third kappa shape index (κ3) is 4.89. The molecule has 0 saturated heterocycles. The topological polar surface area (TPSA) is 69.0 Å². The van der Waals surface area contributed by atoms with Crippen LogP contribution in [0.1, 0.15) is 59.1 Å². The van der Waals surface area contributed by atoms with Crippen molar-refractivity contribution in [1.29, 1.82) is 0 Å². The number of carbonyl (C=O) groups excluding carboxylic acids is 1. The maximum absolute atomic E-state index is 13.9. The summed E-state index contributed by atoms with van der Waals surface area (Å²) in [5.74, 6) is 1.17. The Morgan fingerprint density at radius 3 is 2.41 bits per heavy atom. The molecule has 0 spiro atoms. The maximum atomic E-state index is 13.9. The fourth-order valence-corrected chi connectivity index (χ4v) is 4.78. The smallest absolute Gasteiger partial charge is 0.290 e. The quantitative estimate of drug-likeness (QED) is 0.258. The Morgan fingerprint density at radius 1 is 0.919 bits per heavy atom. The van der Waals surface area contributed by atoms with Crippen LogP contribution >= 0.6 is 0 Å². The average Bonchev–Trinajstić information content (AvgIpc) is 3.15. The highest BCUT2D eigenvalue weighted by atomic mass is 16.5. The van der Waals surface area contributed by atoms with E-state index in [0.717, 1.165) is 16.7 Å². The molecular formula is C31H31NO5. The van der Waals surface area contributed by atoms with Gasteiger partial charge in [0.1, 0.15) is 17.1 Å². The average molecular weight is 498 g/mol. The fraction of sp³-hybridized carbons (Fsp3) is 0.290. The summed E-state index contributed by atoms with van der Waals surface area (Å²) >= 11 is 0. The Morgan fingerprint density at radius 2 is 1.65 bits per heavy atom. The third-order valence-corrected chi connectivity index (χ3v) is 6.73. The minimum atomic E-state index is -0.580. The van der Waals surface area contributed by atoms with Crippen molar-refractivity contribution in [2.24, 2.45) is 0 Å². The van der Waals surface area contributed by atoms with E-state index in [1.54, 1.807) is 4.90 Å². The number of benzene rings is 3. The lowest BCUT2D eigenvalue weighted by Gasteiger charge is -2.25. The first-order chi connectivity index (χ1) is 17.8. The van der Waals surface area contributed by atoms with E-state index in [1.165, 1.54) is 0 Å². The molecule has 1 aromatic heterocycles. The van der Waals surface area contributed by atoms with Gasteiger partial charge in [0.05, 0.1) is 23.1 Å². The van der Waals surface area contributed by atoms with Gasteiger partial charge in [0.15, 0.2) is 5.43 Å². The standard InChI is InChI=1S/C31H31NO5/c1-19(2)35-15-9-14-32-28(22-10-8-13-24(18-22)36-23-11-6-5-7-12-23)27-29(33)25-16-20(3)21(4)17-26(25)37-30(27)31(32)34/h5-8,10-13,16-19,28H,9,14-15H2,1-4H3. The van der Waals surface area contributed by atoms with Crippen molar-refractivity contribution in [3.8, 4) is 11.5 Å². The van der Waals surface area contributed by atoms with E-state index < -0.39 is 6.04 Å². The van der Waals surface area contributed by atoms with Crippen LogP contribution in [-0.4, -0.2) is 30.1 Å². The molecular weight excluding hydrogens is 466 g/mol. The first-order valence-corrected chi connectivity index (χ1v) is 12.7. The molecule has 1 amide bonds. The lowest BCUT2D eigenvalue weighted by molar-refractivity contribution is 0.0593. The second-order valence-corrected chi connectivity index (χ2v) is 9.77. The van der Waals surface area contributed by atoms with Gasteiger partial charge >= 0.3 is 0 Å². The minimum absolute atomic E-state index is 0.106. The van der Waals surface area contributed by atoms with Gasteiger partial charge in [-0.3, -0.25) is 9.59 Å². The highest BCUT2D eigenvalue weighted by Crippen LogP contribution is 2.39. The summed E-state index contributed by atoms with van der Waals surface area (Å²) in [5.41, 5.74) is 3.44. The Bertz CT molecular complexity index is 1510. The van der Waals surface area contributed by atoms with E-state index in [-0.39, 0.29) is 23.2 Å². The molecule has 0 saturated carbocycles. The first kappa shape index (κ1) is 24.8. The number of hydrogen-bond acceptors (Lipinski definition) is 5. The van der Waals surface area contributed by atoms with Crippen LogP contribution in [0.15, 0.2) is 75.9 Å². The number of para-hydroxylation sites is 1. The molecule has 37 heavy (non-hydrogen) atoms. The maximum Gasteiger partial charge on any atom is 0.290 e. The monoisotopic (exact) mass is 497 g/mol. The zero-order chi connectivity index (χ0) is 26.1. The van der Waals surface area contributed by atoms with Crippen molar-refractivity contribution in [3.05, 3.63) is 105 Å². The van der Waals surface area contributed by atoms with Gasteiger partial charge in [-0.25, -0.2) is 0 Å². The van der Waals surface area contributed by atoms with Crippen LogP contribution in [0.3, 0.4) is 0 Å². The number of hydrogen-bond donors (Lipinski definition) is 0. The van der Waals surface area contributed by atoms with Gasteiger partial charge in [0.2, 0.25) is 5.76 Å². The Hall–Kier alpha value is -3.90. The molecule has 0 bridgehead atoms. The van der Waals surface area contributed by atoms with Gasteiger partial charge < -0.3 is 18.8 Å². The molecule has 1 atom stereocenters. The summed E-state index contributed by atoms with van der Waals surface area (Å²) in [7, 11) is 0. The van der Waals surface area contributed by atoms with E-state index in [0.29, 0.717) is 47.6 Å². The molecule has 6 heteroatoms. The molecule has 1 unspecified atom stereocenters. The fourth-order valence-electron chi connectivity index (χ4n) is 4.78. The molecule has 190 valence electrons. The van der Waals surface area contributed by atoms with Crippen LogP contribution in [0.5, 0.6) is 11.5 Å². The Kier molecular flexibility index (Phi) is 6.85. The molecule has 1 aliphatic rings. The number of nitrogens with zero attached hydrogens (tertiary/aromatic N) is 1. The van der Waals surface area contributed by atoms with E-state index in [2.05, 4.69) is 0 Å². The van der Waals surface area contributed by atoms with Crippen molar-refractivity contribution in [2.75, 3.05) is 13.2 Å². The normalized spacial score (nSPS) is 15.0. The van der Waals surface area contributed by atoms with Crippen molar-refractivity contribution < 1.29 is 18.7 Å². The third-order valence-electron chi connectivity index (χ3n) is 6.73. The minimum Gasteiger partial charge on any atom is -0.457 e. The zero-order valence-electron chi connectivity index (χ0n) is 21.6. The Labute approximate surface area is 216 Å². The molecule has 5 rings (SSSR count). The molecule has 0 fully saturated rings. The van der Waals surface area contributed by atoms with Gasteiger partial charge in [-0.05, 0) is 87.2 Å². The van der Waals surface area contributed by atoms with Crippen molar-refractivity contribution in [3.63, 3.8) is 0 Å². The molecule has 4 aromatic rings. The molecule has 6 nitrogen and oxygen atoms in total. The number of carbonyl (C=O) groups is 1. The van der Waals surface area contributed by atoms with Crippen molar-refractivity contribution in [2.45, 2.75) is 46.3 Å². The second kappa shape index (κ2) is 10.2. The van der Waals surface area contributed by atoms with Crippen LogP contribution < -0.4 is 10.2 Å². The lowest BCUT2D eigenvalue weighted by atomic mass is 9.97. The summed E-state index contributed by atoms with van der Waals surface area (Å²) in [6, 6.07) is 20.2. The van der Waals surface area contributed by atoms with Crippen molar-refractivity contribution in [1.82, 2.24) is 4.90 Å². The predicted octanol–water partition coefficient (Wildman–Crippen LogP) is 6.56. The lowest BCUT2D eigenvalue weighted by Crippen LogP contribution is -2.31. The second-order valence-electron chi connectivity index (χ2n) is 9.77. The summed E-state index contributed by atoms with van der Waals surface area (Å²) in [5, 5.41) is 0.487. The highest BCUT2D eigenvalue weighted by Gasteiger charge is 2.42. The predicted molar refractivity (Wildman–Crippen MR) is 144 cm³/mol. The van der Waals surface area contributed by atoms with Gasteiger partial charge in [-0.2, -0.15) is 0 Å². The van der Waals surface area contributed by atoms with Crippen molar-refractivity contribution >= 4 is 16.9 Å². The number of amides is 1. The summed E-state index contributed by atoms with van der Waals surface area (Å²) < 4.78 is 17.9. The van der Waals surface area contributed by atoms with Gasteiger partial charge in [0, 0.05) is 13.2 Å². The first-order valence-electron chi connectivity index (χ1n) is 12.7. The van der Waals surface area contributed by atoms with Crippen LogP contribution in [0.4, 0.5) is 0 Å². The molecule has 0 N–H and O–H groups in total. The molecule has 1 aliphatic heterocycles. The van der Waals surface area contributed by atoms with Crippen LogP contribution in [0, 0.1) is 13.8 Å². The summed E-state index contributed by atoms with van der Waals surface area (Å²) in [6.07, 6.45) is 0.745. The van der Waals surface area contributed by atoms with E-state index in [4.69, 9.17) is 13.9 Å². The van der Waals surface area contributed by atoms with Crippen LogP contribution in [-0.2, 0) is 4.74 Å². The molecule has 3 aromatic carbocycles. The molecule has 0 radical (unpaired) electrons.